The van der Waals surface area contributed by atoms with Crippen LogP contribution in [0.3, 0.4) is 0 Å². The largest absolute Gasteiger partial charge is 0.422 e. The van der Waals surface area contributed by atoms with Gasteiger partial charge in [0.1, 0.15) is 23.0 Å². The maximum absolute atomic E-state index is 13.7. The number of aromatic amines is 1. The van der Waals surface area contributed by atoms with Gasteiger partial charge >= 0.3 is 6.18 Å². The maximum atomic E-state index is 13.7. The standard InChI is InChI=1S/C15H13F5N2O2/c16-9-3-8(4-10(17)14(9)15(18,19)20)11-5-7(1-2-21-11)12-6-13(23)22-24-12/h3-4,6-7,11,21H,1-2,5H2,(H,22,23)/t7-,11-/m0/s1. The van der Waals surface area contributed by atoms with Gasteiger partial charge in [-0.05, 0) is 37.1 Å². The molecule has 0 spiro atoms. The number of alkyl halides is 3. The van der Waals surface area contributed by atoms with Crippen molar-refractivity contribution in [1.29, 1.82) is 0 Å². The van der Waals surface area contributed by atoms with Crippen molar-refractivity contribution >= 4 is 0 Å². The number of hydrogen-bond donors (Lipinski definition) is 2. The fourth-order valence-electron chi connectivity index (χ4n) is 2.99. The molecule has 2 atom stereocenters. The second-order valence-electron chi connectivity index (χ2n) is 5.70. The third kappa shape index (κ3) is 3.21. The average Bonchev–Trinajstić information content (AvgIpc) is 2.92. The van der Waals surface area contributed by atoms with Crippen molar-refractivity contribution in [2.75, 3.05) is 6.54 Å². The predicted molar refractivity (Wildman–Crippen MR) is 73.4 cm³/mol. The smallest absolute Gasteiger partial charge is 0.383 e. The van der Waals surface area contributed by atoms with E-state index in [1.165, 1.54) is 6.07 Å². The predicted octanol–water partition coefficient (Wildman–Crippen LogP) is 3.47. The molecule has 0 aliphatic carbocycles. The van der Waals surface area contributed by atoms with Crippen LogP contribution < -0.4 is 10.9 Å². The summed E-state index contributed by atoms with van der Waals surface area (Å²) in [6.07, 6.45) is -4.13. The minimum absolute atomic E-state index is 0.0839. The monoisotopic (exact) mass is 348 g/mol. The van der Waals surface area contributed by atoms with Crippen molar-refractivity contribution in [2.24, 2.45) is 0 Å². The summed E-state index contributed by atoms with van der Waals surface area (Å²) >= 11 is 0. The highest BCUT2D eigenvalue weighted by Crippen LogP contribution is 2.38. The van der Waals surface area contributed by atoms with Gasteiger partial charge in [-0.2, -0.15) is 18.3 Å². The van der Waals surface area contributed by atoms with Crippen LogP contribution in [0.5, 0.6) is 0 Å². The van der Waals surface area contributed by atoms with Crippen LogP contribution in [0.15, 0.2) is 27.5 Å². The molecule has 0 bridgehead atoms. The van der Waals surface area contributed by atoms with Gasteiger partial charge in [0.2, 0.25) is 0 Å². The van der Waals surface area contributed by atoms with Crippen LogP contribution in [0.2, 0.25) is 0 Å². The molecule has 1 saturated heterocycles. The number of halogens is 5. The van der Waals surface area contributed by atoms with E-state index >= 15 is 0 Å². The van der Waals surface area contributed by atoms with E-state index in [1.807, 2.05) is 0 Å². The molecule has 130 valence electrons. The molecule has 0 saturated carbocycles. The second-order valence-corrected chi connectivity index (χ2v) is 5.70. The van der Waals surface area contributed by atoms with E-state index in [9.17, 15) is 26.7 Å². The van der Waals surface area contributed by atoms with Crippen LogP contribution in [-0.4, -0.2) is 11.7 Å². The highest BCUT2D eigenvalue weighted by molar-refractivity contribution is 5.31. The summed E-state index contributed by atoms with van der Waals surface area (Å²) in [5.74, 6) is -3.05. The van der Waals surface area contributed by atoms with Crippen LogP contribution >= 0.6 is 0 Å². The number of H-pyrrole nitrogens is 1. The lowest BCUT2D eigenvalue weighted by Gasteiger charge is -2.29. The molecule has 24 heavy (non-hydrogen) atoms. The molecule has 0 radical (unpaired) electrons. The summed E-state index contributed by atoms with van der Waals surface area (Å²) in [5, 5.41) is 5.18. The quantitative estimate of drug-likeness (QED) is 0.817. The van der Waals surface area contributed by atoms with Gasteiger partial charge in [-0.25, -0.2) is 8.78 Å². The number of rotatable bonds is 2. The number of piperidine rings is 1. The van der Waals surface area contributed by atoms with Gasteiger partial charge in [0.05, 0.1) is 0 Å². The van der Waals surface area contributed by atoms with E-state index in [1.54, 1.807) is 0 Å². The highest BCUT2D eigenvalue weighted by Gasteiger charge is 2.38. The summed E-state index contributed by atoms with van der Waals surface area (Å²) in [4.78, 5) is 11.1. The lowest BCUT2D eigenvalue weighted by molar-refractivity contribution is -0.142. The van der Waals surface area contributed by atoms with Crippen molar-refractivity contribution in [2.45, 2.75) is 31.0 Å². The number of benzene rings is 1. The minimum Gasteiger partial charge on any atom is -0.383 e. The first-order valence-electron chi connectivity index (χ1n) is 7.23. The number of nitrogens with one attached hydrogen (secondary N) is 2. The van der Waals surface area contributed by atoms with E-state index < -0.39 is 35.0 Å². The average molecular weight is 348 g/mol. The third-order valence-electron chi connectivity index (χ3n) is 4.10. The number of aromatic nitrogens is 1. The first-order chi connectivity index (χ1) is 11.3. The first kappa shape index (κ1) is 16.7. The molecule has 0 unspecified atom stereocenters. The molecule has 1 aliphatic heterocycles. The molecule has 3 rings (SSSR count). The van der Waals surface area contributed by atoms with E-state index in [2.05, 4.69) is 10.5 Å². The Kier molecular flexibility index (Phi) is 4.20. The van der Waals surface area contributed by atoms with Gasteiger partial charge in [-0.1, -0.05) is 0 Å². The highest BCUT2D eigenvalue weighted by atomic mass is 19.4. The fraction of sp³-hybridized carbons (Fsp3) is 0.400. The van der Waals surface area contributed by atoms with Crippen LogP contribution in [-0.2, 0) is 6.18 Å². The molecule has 1 aromatic heterocycles. The number of hydrogen-bond acceptors (Lipinski definition) is 3. The van der Waals surface area contributed by atoms with Crippen molar-refractivity contribution < 1.29 is 26.5 Å². The third-order valence-corrected chi connectivity index (χ3v) is 4.10. The summed E-state index contributed by atoms with van der Waals surface area (Å²) in [6.45, 7) is 0.467. The molecule has 2 N–H and O–H groups in total. The first-order valence-corrected chi connectivity index (χ1v) is 7.23. The molecular formula is C15H13F5N2O2. The van der Waals surface area contributed by atoms with Gasteiger partial charge < -0.3 is 9.84 Å². The normalized spacial score (nSPS) is 21.9. The van der Waals surface area contributed by atoms with E-state index in [4.69, 9.17) is 4.52 Å². The van der Waals surface area contributed by atoms with E-state index in [0.717, 1.165) is 0 Å². The lowest BCUT2D eigenvalue weighted by atomic mass is 9.87. The lowest BCUT2D eigenvalue weighted by Crippen LogP contribution is -2.31. The zero-order valence-corrected chi connectivity index (χ0v) is 12.2. The molecule has 4 nitrogen and oxygen atoms in total. The van der Waals surface area contributed by atoms with Gasteiger partial charge in [0.25, 0.3) is 5.56 Å². The van der Waals surface area contributed by atoms with Gasteiger partial charge in [-0.15, -0.1) is 0 Å². The molecule has 9 heteroatoms. The summed E-state index contributed by atoms with van der Waals surface area (Å²) in [5.41, 5.74) is -2.21. The Morgan fingerprint density at radius 1 is 1.12 bits per heavy atom. The summed E-state index contributed by atoms with van der Waals surface area (Å²) in [7, 11) is 0. The minimum atomic E-state index is -5.09. The van der Waals surface area contributed by atoms with Crippen molar-refractivity contribution in [3.05, 3.63) is 57.1 Å². The fourth-order valence-corrected chi connectivity index (χ4v) is 2.99. The van der Waals surface area contributed by atoms with E-state index in [0.29, 0.717) is 37.3 Å². The molecule has 1 aliphatic rings. The second kappa shape index (κ2) is 6.04. The van der Waals surface area contributed by atoms with Crippen LogP contribution in [0.4, 0.5) is 22.0 Å². The molecule has 0 amide bonds. The van der Waals surface area contributed by atoms with E-state index in [-0.39, 0.29) is 11.5 Å². The van der Waals surface area contributed by atoms with Gasteiger partial charge in [0, 0.05) is 18.0 Å². The Labute approximate surface area is 132 Å². The van der Waals surface area contributed by atoms with Crippen molar-refractivity contribution in [3.63, 3.8) is 0 Å². The molecule has 1 fully saturated rings. The molecule has 2 heterocycles. The SMILES string of the molecule is O=c1cc([C@H]2CCN[C@H](c3cc(F)c(C(F)(F)F)c(F)c3)C2)o[nH]1. The zero-order valence-electron chi connectivity index (χ0n) is 12.2. The Bertz CT molecular complexity index is 773. The molecule has 1 aromatic carbocycles. The zero-order chi connectivity index (χ0) is 17.5. The van der Waals surface area contributed by atoms with Crippen LogP contribution in [0, 0.1) is 11.6 Å². The van der Waals surface area contributed by atoms with Gasteiger partial charge in [-0.3, -0.25) is 4.79 Å². The maximum Gasteiger partial charge on any atom is 0.422 e. The Morgan fingerprint density at radius 3 is 2.33 bits per heavy atom. The Morgan fingerprint density at radius 2 is 1.79 bits per heavy atom. The summed E-state index contributed by atoms with van der Waals surface area (Å²) < 4.78 is 70.4. The Balaban J connectivity index is 1.87. The summed E-state index contributed by atoms with van der Waals surface area (Å²) in [6, 6.07) is 2.13. The van der Waals surface area contributed by atoms with Gasteiger partial charge in [0.15, 0.2) is 0 Å². The molecule has 2 aromatic rings. The topological polar surface area (TPSA) is 58.0 Å². The van der Waals surface area contributed by atoms with Crippen LogP contribution in [0.25, 0.3) is 0 Å². The van der Waals surface area contributed by atoms with Crippen molar-refractivity contribution in [1.82, 2.24) is 10.5 Å². The Hall–Kier alpha value is -2.16. The molecular weight excluding hydrogens is 335 g/mol. The van der Waals surface area contributed by atoms with Crippen molar-refractivity contribution in [3.8, 4) is 0 Å². The van der Waals surface area contributed by atoms with Crippen LogP contribution in [0.1, 0.15) is 41.7 Å².